The molecule has 0 spiro atoms. The van der Waals surface area contributed by atoms with Crippen molar-refractivity contribution in [2.24, 2.45) is 11.1 Å². The van der Waals surface area contributed by atoms with Gasteiger partial charge in [0.25, 0.3) is 0 Å². The van der Waals surface area contributed by atoms with Crippen LogP contribution in [-0.4, -0.2) is 135 Å². The lowest BCUT2D eigenvalue weighted by molar-refractivity contribution is -0.137. The quantitative estimate of drug-likeness (QED) is 0.0428. The second kappa shape index (κ2) is 21.8. The lowest BCUT2D eigenvalue weighted by Crippen LogP contribution is -2.46. The van der Waals surface area contributed by atoms with E-state index in [1.54, 1.807) is 0 Å². The number of phosphoric ester groups is 3. The third-order valence-corrected chi connectivity index (χ3v) is 12.5. The Morgan fingerprint density at radius 3 is 2.36 bits per heavy atom. The number of aliphatic hydroxyl groups excluding tert-OH is 2. The van der Waals surface area contributed by atoms with Crippen LogP contribution >= 0.6 is 35.2 Å². The first kappa shape index (κ1) is 50.5. The molecule has 0 bridgehead atoms. The molecular formula is C29H49N8O18P3S. The number of carbonyl (C=O) groups is 4. The van der Waals surface area contributed by atoms with E-state index in [-0.39, 0.29) is 47.4 Å². The van der Waals surface area contributed by atoms with Crippen LogP contribution in [0.1, 0.15) is 59.1 Å². The SMILES string of the molecule is CC(=O)C(N)CCCCC(=O)SCCNC(=O)CCNC(=O)[C@H](O)C(C)(C)COP(=O)(O)OP(=O)(O)OC[C@H]1O[C@@H](n2cnc3c(N)ncnc32)[C@H](O)[C@@H]1OP(=O)(O)O. The number of unbranched alkanes of at least 4 members (excludes halogenated alkanes) is 1. The van der Waals surface area contributed by atoms with Crippen LogP contribution in [0.2, 0.25) is 0 Å². The Hall–Kier alpha value is -2.81. The maximum absolute atomic E-state index is 12.7. The molecular weight excluding hydrogens is 873 g/mol. The van der Waals surface area contributed by atoms with Crippen LogP contribution < -0.4 is 22.1 Å². The van der Waals surface area contributed by atoms with Crippen LogP contribution in [0.4, 0.5) is 5.82 Å². The van der Waals surface area contributed by atoms with E-state index in [0.717, 1.165) is 29.0 Å². The molecule has 0 aromatic carbocycles. The Balaban J connectivity index is 1.43. The summed E-state index contributed by atoms with van der Waals surface area (Å²) in [5.74, 6) is -1.31. The molecule has 8 atom stereocenters. The summed E-state index contributed by atoms with van der Waals surface area (Å²) >= 11 is 1.04. The van der Waals surface area contributed by atoms with E-state index in [1.165, 1.54) is 20.8 Å². The number of Topliss-reactive ketones (excluding diaryl/α,β-unsaturated/α-hetero) is 1. The molecule has 0 radical (unpaired) electrons. The number of phosphoric acid groups is 3. The molecule has 2 aromatic heterocycles. The van der Waals surface area contributed by atoms with E-state index >= 15 is 0 Å². The lowest BCUT2D eigenvalue weighted by Gasteiger charge is -2.30. The highest BCUT2D eigenvalue weighted by Crippen LogP contribution is 2.61. The summed E-state index contributed by atoms with van der Waals surface area (Å²) in [4.78, 5) is 98.8. The average Bonchev–Trinajstić information content (AvgIpc) is 3.69. The van der Waals surface area contributed by atoms with Gasteiger partial charge in [-0.15, -0.1) is 0 Å². The van der Waals surface area contributed by atoms with Crippen molar-refractivity contribution in [3.05, 3.63) is 12.7 Å². The molecule has 30 heteroatoms. The summed E-state index contributed by atoms with van der Waals surface area (Å²) in [5.41, 5.74) is 9.89. The third kappa shape index (κ3) is 16.2. The number of fused-ring (bicyclic) bond motifs is 1. The highest BCUT2D eigenvalue weighted by Gasteiger charge is 2.50. The molecule has 1 aliphatic rings. The number of rotatable bonds is 25. The molecule has 2 amide bonds. The van der Waals surface area contributed by atoms with Crippen molar-refractivity contribution in [3.8, 4) is 0 Å². The van der Waals surface area contributed by atoms with E-state index < -0.39 is 90.6 Å². The number of ketones is 1. The smallest absolute Gasteiger partial charge is 0.386 e. The van der Waals surface area contributed by atoms with E-state index in [9.17, 15) is 62.7 Å². The molecule has 1 aliphatic heterocycles. The molecule has 2 aromatic rings. The first-order valence-corrected chi connectivity index (χ1v) is 23.1. The standard InChI is InChI=1S/C29H49N8O18P3S/c1-16(38)17(30)6-4-5-7-20(40)59-11-10-32-19(39)8-9-33-27(43)24(42)29(2,3)13-52-58(49,50)55-57(47,48)51-12-18-23(54-56(44,45)46)22(41)28(53-18)37-15-36-21-25(31)34-14-35-26(21)37/h14-15,17-18,22-24,28,41-42H,4-13,30H2,1-3H3,(H,32,39)(H,33,43)(H,47,48)(H,49,50)(H2,31,34,35)(H2,44,45,46)/t17?,18-,22-,23-,24+,28-/m1/s1. The third-order valence-electron chi connectivity index (χ3n) is 8.43. The second-order valence-corrected chi connectivity index (χ2v) is 19.1. The number of nitrogens with one attached hydrogen (secondary N) is 2. The Morgan fingerprint density at radius 1 is 1.02 bits per heavy atom. The van der Waals surface area contributed by atoms with Crippen molar-refractivity contribution in [2.45, 2.75) is 89.6 Å². The second-order valence-electron chi connectivity index (χ2n) is 13.8. The number of thioether (sulfide) groups is 1. The number of amides is 2. The lowest BCUT2D eigenvalue weighted by atomic mass is 9.87. The van der Waals surface area contributed by atoms with E-state index in [1.807, 2.05) is 0 Å². The van der Waals surface area contributed by atoms with Gasteiger partial charge in [-0.1, -0.05) is 32.0 Å². The number of nitrogens with zero attached hydrogens (tertiary/aromatic N) is 4. The molecule has 26 nitrogen and oxygen atoms in total. The van der Waals surface area contributed by atoms with Gasteiger partial charge in [0.2, 0.25) is 11.8 Å². The number of nitrogen functional groups attached to an aromatic ring is 1. The number of ether oxygens (including phenoxy) is 1. The molecule has 3 rings (SSSR count). The van der Waals surface area contributed by atoms with Gasteiger partial charge in [0.05, 0.1) is 25.6 Å². The summed E-state index contributed by atoms with van der Waals surface area (Å²) in [5, 5.41) is 26.3. The van der Waals surface area contributed by atoms with Gasteiger partial charge in [-0.2, -0.15) is 4.31 Å². The minimum absolute atomic E-state index is 0.0244. The first-order valence-electron chi connectivity index (χ1n) is 17.6. The number of aromatic nitrogens is 4. The number of nitrogens with two attached hydrogens (primary N) is 2. The zero-order valence-corrected chi connectivity index (χ0v) is 35.5. The van der Waals surface area contributed by atoms with Gasteiger partial charge in [-0.25, -0.2) is 28.6 Å². The summed E-state index contributed by atoms with van der Waals surface area (Å²) < 4.78 is 62.1. The molecule has 1 saturated heterocycles. The van der Waals surface area contributed by atoms with Crippen molar-refractivity contribution in [1.82, 2.24) is 30.2 Å². The zero-order valence-electron chi connectivity index (χ0n) is 32.0. The monoisotopic (exact) mass is 922 g/mol. The van der Waals surface area contributed by atoms with Gasteiger partial charge in [-0.3, -0.25) is 37.3 Å². The van der Waals surface area contributed by atoms with Crippen LogP contribution in [0.5, 0.6) is 0 Å². The van der Waals surface area contributed by atoms with Crippen LogP contribution in [0.15, 0.2) is 12.7 Å². The molecule has 3 unspecified atom stereocenters. The number of aliphatic hydroxyl groups is 2. The highest BCUT2D eigenvalue weighted by molar-refractivity contribution is 8.13. The van der Waals surface area contributed by atoms with Crippen LogP contribution in [-0.2, 0) is 55.5 Å². The number of carbonyl (C=O) groups excluding carboxylic acids is 4. The van der Waals surface area contributed by atoms with Gasteiger partial charge >= 0.3 is 23.5 Å². The predicted molar refractivity (Wildman–Crippen MR) is 204 cm³/mol. The van der Waals surface area contributed by atoms with Gasteiger partial charge in [0.15, 0.2) is 22.8 Å². The van der Waals surface area contributed by atoms with Crippen molar-refractivity contribution in [1.29, 1.82) is 0 Å². The van der Waals surface area contributed by atoms with Crippen LogP contribution in [0, 0.1) is 5.41 Å². The molecule has 1 fully saturated rings. The van der Waals surface area contributed by atoms with E-state index in [4.69, 9.17) is 25.3 Å². The Kier molecular flexibility index (Phi) is 18.7. The summed E-state index contributed by atoms with van der Waals surface area (Å²) in [6.07, 6.45) is -5.00. The summed E-state index contributed by atoms with van der Waals surface area (Å²) in [6.45, 7) is 1.79. The number of hydrogen-bond donors (Lipinski definition) is 10. The maximum atomic E-state index is 12.7. The number of anilines is 1. The predicted octanol–water partition coefficient (Wildman–Crippen LogP) is -0.859. The van der Waals surface area contributed by atoms with Gasteiger partial charge in [-0.05, 0) is 19.8 Å². The van der Waals surface area contributed by atoms with Crippen LogP contribution in [0.3, 0.4) is 0 Å². The average molecular weight is 923 g/mol. The number of imidazole rings is 1. The van der Waals surface area contributed by atoms with E-state index in [2.05, 4.69) is 34.4 Å². The zero-order chi connectivity index (χ0) is 44.3. The van der Waals surface area contributed by atoms with E-state index in [0.29, 0.717) is 31.4 Å². The Bertz CT molecular complexity index is 1940. The molecule has 12 N–H and O–H groups in total. The molecule has 0 saturated carbocycles. The Morgan fingerprint density at radius 2 is 1.69 bits per heavy atom. The summed E-state index contributed by atoms with van der Waals surface area (Å²) in [7, 11) is -16.4. The highest BCUT2D eigenvalue weighted by atomic mass is 32.2. The fourth-order valence-corrected chi connectivity index (χ4v) is 8.75. The summed E-state index contributed by atoms with van der Waals surface area (Å²) in [6, 6.07) is -0.540. The fourth-order valence-electron chi connectivity index (χ4n) is 5.20. The van der Waals surface area contributed by atoms with Crippen molar-refractivity contribution in [2.75, 3.05) is 37.8 Å². The first-order chi connectivity index (χ1) is 27.3. The molecule has 334 valence electrons. The van der Waals surface area contributed by atoms with Gasteiger partial charge in [0, 0.05) is 37.1 Å². The minimum Gasteiger partial charge on any atom is -0.386 e. The normalized spacial score (nSPS) is 21.7. The minimum atomic E-state index is -5.58. The van der Waals surface area contributed by atoms with Gasteiger partial charge < -0.3 is 56.6 Å². The van der Waals surface area contributed by atoms with Crippen molar-refractivity contribution >= 4 is 74.9 Å². The molecule has 3 heterocycles. The molecule has 59 heavy (non-hydrogen) atoms. The molecule has 0 aliphatic carbocycles. The van der Waals surface area contributed by atoms with Gasteiger partial charge in [0.1, 0.15) is 42.0 Å². The maximum Gasteiger partial charge on any atom is 0.481 e. The fraction of sp³-hybridized carbons (Fsp3) is 0.690. The largest absolute Gasteiger partial charge is 0.481 e. The topological polar surface area (TPSA) is 407 Å². The Labute approximate surface area is 340 Å². The van der Waals surface area contributed by atoms with Crippen molar-refractivity contribution < 1.29 is 85.3 Å². The van der Waals surface area contributed by atoms with Crippen LogP contribution in [0.25, 0.3) is 11.2 Å². The van der Waals surface area contributed by atoms with Crippen molar-refractivity contribution in [3.63, 3.8) is 0 Å². The number of hydrogen-bond acceptors (Lipinski definition) is 20.